The first-order valence-electron chi connectivity index (χ1n) is 7.23. The van der Waals surface area contributed by atoms with Gasteiger partial charge >= 0.3 is 0 Å². The monoisotopic (exact) mass is 331 g/mol. The molecule has 0 radical (unpaired) electrons. The molecule has 3 rings (SSSR count). The minimum absolute atomic E-state index is 0.0231. The number of hydrogen-bond donors (Lipinski definition) is 1. The van der Waals surface area contributed by atoms with E-state index in [0.29, 0.717) is 11.6 Å². The molecule has 2 amide bonds. The van der Waals surface area contributed by atoms with Crippen molar-refractivity contribution >= 4 is 23.6 Å². The van der Waals surface area contributed by atoms with Crippen molar-refractivity contribution in [3.05, 3.63) is 42.5 Å². The van der Waals surface area contributed by atoms with Crippen molar-refractivity contribution < 1.29 is 9.59 Å². The topological polar surface area (TPSA) is 80.1 Å². The van der Waals surface area contributed by atoms with Crippen molar-refractivity contribution in [3.63, 3.8) is 0 Å². The van der Waals surface area contributed by atoms with E-state index < -0.39 is 0 Å². The number of benzene rings is 1. The summed E-state index contributed by atoms with van der Waals surface area (Å²) in [5.41, 5.74) is 1.90. The van der Waals surface area contributed by atoms with Crippen LogP contribution in [0.25, 0.3) is 5.69 Å². The summed E-state index contributed by atoms with van der Waals surface area (Å²) in [5.74, 6) is 0.934. The zero-order valence-electron chi connectivity index (χ0n) is 12.7. The van der Waals surface area contributed by atoms with Gasteiger partial charge in [-0.2, -0.15) is 5.10 Å². The van der Waals surface area contributed by atoms with Gasteiger partial charge in [0, 0.05) is 0 Å². The molecule has 1 aliphatic rings. The van der Waals surface area contributed by atoms with Crippen LogP contribution < -0.4 is 5.32 Å². The standard InChI is InChI=1S/C15H17N5O2S/c1-11(18-14(21)6-19-10-23-7-15(19)22)12-2-4-13(5-3-12)20-9-16-8-17-20/h2-5,8-9,11H,6-7,10H2,1H3,(H,18,21). The van der Waals surface area contributed by atoms with E-state index in [2.05, 4.69) is 15.4 Å². The Morgan fingerprint density at radius 2 is 2.17 bits per heavy atom. The summed E-state index contributed by atoms with van der Waals surface area (Å²) in [6.45, 7) is 2.04. The number of nitrogens with one attached hydrogen (secondary N) is 1. The zero-order chi connectivity index (χ0) is 16.2. The highest BCUT2D eigenvalue weighted by molar-refractivity contribution is 8.00. The third-order valence-corrected chi connectivity index (χ3v) is 4.56. The number of amides is 2. The summed E-state index contributed by atoms with van der Waals surface area (Å²) < 4.78 is 1.67. The average molecular weight is 331 g/mol. The molecule has 1 saturated heterocycles. The molecule has 2 aromatic rings. The fourth-order valence-corrected chi connectivity index (χ4v) is 3.25. The van der Waals surface area contributed by atoms with Crippen molar-refractivity contribution in [2.24, 2.45) is 0 Å². The molecule has 1 N–H and O–H groups in total. The van der Waals surface area contributed by atoms with Crippen LogP contribution in [0.3, 0.4) is 0 Å². The van der Waals surface area contributed by atoms with Gasteiger partial charge in [0.1, 0.15) is 19.2 Å². The highest BCUT2D eigenvalue weighted by atomic mass is 32.2. The van der Waals surface area contributed by atoms with Crippen LogP contribution in [0.5, 0.6) is 0 Å². The lowest BCUT2D eigenvalue weighted by molar-refractivity contribution is -0.132. The van der Waals surface area contributed by atoms with Crippen molar-refractivity contribution in [1.29, 1.82) is 0 Å². The smallest absolute Gasteiger partial charge is 0.240 e. The van der Waals surface area contributed by atoms with Gasteiger partial charge in [-0.25, -0.2) is 9.67 Å². The molecule has 1 unspecified atom stereocenters. The Morgan fingerprint density at radius 3 is 2.78 bits per heavy atom. The van der Waals surface area contributed by atoms with Crippen LogP contribution in [0.1, 0.15) is 18.5 Å². The van der Waals surface area contributed by atoms with E-state index in [0.717, 1.165) is 11.3 Å². The molecule has 7 nitrogen and oxygen atoms in total. The Bertz CT molecular complexity index is 686. The Balaban J connectivity index is 1.58. The third kappa shape index (κ3) is 3.70. The maximum atomic E-state index is 12.0. The highest BCUT2D eigenvalue weighted by Gasteiger charge is 2.23. The molecule has 0 bridgehead atoms. The SMILES string of the molecule is CC(NC(=O)CN1CSCC1=O)c1ccc(-n2cncn2)cc1. The van der Waals surface area contributed by atoms with E-state index in [9.17, 15) is 9.59 Å². The van der Waals surface area contributed by atoms with Gasteiger partial charge in [0.25, 0.3) is 0 Å². The molecule has 8 heteroatoms. The molecule has 2 heterocycles. The first-order chi connectivity index (χ1) is 11.1. The largest absolute Gasteiger partial charge is 0.348 e. The minimum Gasteiger partial charge on any atom is -0.348 e. The van der Waals surface area contributed by atoms with Gasteiger partial charge in [0.05, 0.1) is 23.4 Å². The molecule has 0 saturated carbocycles. The maximum absolute atomic E-state index is 12.0. The van der Waals surface area contributed by atoms with Crippen molar-refractivity contribution in [2.75, 3.05) is 18.2 Å². The summed E-state index contributed by atoms with van der Waals surface area (Å²) in [6.07, 6.45) is 3.11. The van der Waals surface area contributed by atoms with Crippen molar-refractivity contribution in [1.82, 2.24) is 25.0 Å². The van der Waals surface area contributed by atoms with E-state index in [1.54, 1.807) is 15.9 Å². The average Bonchev–Trinajstić information content (AvgIpc) is 3.20. The molecule has 0 aliphatic carbocycles. The van der Waals surface area contributed by atoms with E-state index in [-0.39, 0.29) is 24.4 Å². The fraction of sp³-hybridized carbons (Fsp3) is 0.333. The van der Waals surface area contributed by atoms with Gasteiger partial charge < -0.3 is 10.2 Å². The van der Waals surface area contributed by atoms with Gasteiger partial charge in [-0.1, -0.05) is 12.1 Å². The van der Waals surface area contributed by atoms with Crippen LogP contribution in [0.4, 0.5) is 0 Å². The van der Waals surface area contributed by atoms with Crippen LogP contribution in [0.2, 0.25) is 0 Å². The van der Waals surface area contributed by atoms with Crippen LogP contribution >= 0.6 is 11.8 Å². The molecule has 1 aromatic heterocycles. The molecule has 1 aromatic carbocycles. The Labute approximate surface area is 138 Å². The van der Waals surface area contributed by atoms with Gasteiger partial charge in [-0.15, -0.1) is 11.8 Å². The number of nitrogens with zero attached hydrogens (tertiary/aromatic N) is 4. The van der Waals surface area contributed by atoms with Crippen LogP contribution in [-0.2, 0) is 9.59 Å². The summed E-state index contributed by atoms with van der Waals surface area (Å²) in [5, 5.41) is 6.99. The van der Waals surface area contributed by atoms with Gasteiger partial charge in [0.2, 0.25) is 11.8 Å². The number of thioether (sulfide) groups is 1. The van der Waals surface area contributed by atoms with Crippen LogP contribution in [0.15, 0.2) is 36.9 Å². The van der Waals surface area contributed by atoms with E-state index in [1.807, 2.05) is 31.2 Å². The summed E-state index contributed by atoms with van der Waals surface area (Å²) in [7, 11) is 0. The molecule has 1 aliphatic heterocycles. The number of rotatable bonds is 5. The van der Waals surface area contributed by atoms with E-state index in [1.165, 1.54) is 18.1 Å². The third-order valence-electron chi connectivity index (χ3n) is 3.61. The van der Waals surface area contributed by atoms with Gasteiger partial charge in [-0.3, -0.25) is 9.59 Å². The zero-order valence-corrected chi connectivity index (χ0v) is 13.5. The molecule has 1 fully saturated rings. The minimum atomic E-state index is -0.145. The Morgan fingerprint density at radius 1 is 1.39 bits per heavy atom. The van der Waals surface area contributed by atoms with Crippen LogP contribution in [-0.4, -0.2) is 49.7 Å². The number of carbonyl (C=O) groups is 2. The molecule has 0 spiro atoms. The highest BCUT2D eigenvalue weighted by Crippen LogP contribution is 2.16. The Kier molecular flexibility index (Phi) is 4.61. The van der Waals surface area contributed by atoms with Crippen molar-refractivity contribution in [2.45, 2.75) is 13.0 Å². The molecular formula is C15H17N5O2S. The summed E-state index contributed by atoms with van der Waals surface area (Å²) in [6, 6.07) is 7.61. The van der Waals surface area contributed by atoms with Crippen LogP contribution in [0, 0.1) is 0 Å². The van der Waals surface area contributed by atoms with Gasteiger partial charge in [0.15, 0.2) is 0 Å². The number of carbonyl (C=O) groups excluding carboxylic acids is 2. The second-order valence-corrected chi connectivity index (χ2v) is 6.25. The van der Waals surface area contributed by atoms with Gasteiger partial charge in [-0.05, 0) is 24.6 Å². The second kappa shape index (κ2) is 6.82. The normalized spacial score (nSPS) is 15.7. The lowest BCUT2D eigenvalue weighted by Gasteiger charge is -2.18. The van der Waals surface area contributed by atoms with Crippen molar-refractivity contribution in [3.8, 4) is 5.69 Å². The second-order valence-electron chi connectivity index (χ2n) is 5.29. The maximum Gasteiger partial charge on any atom is 0.240 e. The molecule has 23 heavy (non-hydrogen) atoms. The molecule has 1 atom stereocenters. The van der Waals surface area contributed by atoms with E-state index in [4.69, 9.17) is 0 Å². The Hall–Kier alpha value is -2.35. The predicted molar refractivity (Wildman–Crippen MR) is 87.0 cm³/mol. The number of hydrogen-bond acceptors (Lipinski definition) is 5. The lowest BCUT2D eigenvalue weighted by atomic mass is 10.1. The fourth-order valence-electron chi connectivity index (χ4n) is 2.34. The molecular weight excluding hydrogens is 314 g/mol. The quantitative estimate of drug-likeness (QED) is 0.883. The summed E-state index contributed by atoms with van der Waals surface area (Å²) in [4.78, 5) is 29.1. The molecule has 120 valence electrons. The first-order valence-corrected chi connectivity index (χ1v) is 8.39. The first kappa shape index (κ1) is 15.5. The summed E-state index contributed by atoms with van der Waals surface area (Å²) >= 11 is 1.53. The predicted octanol–water partition coefficient (Wildman–Crippen LogP) is 0.977. The number of aromatic nitrogens is 3. The van der Waals surface area contributed by atoms with E-state index >= 15 is 0 Å². The lowest BCUT2D eigenvalue weighted by Crippen LogP contribution is -2.39.